The molecule has 0 unspecified atom stereocenters. The summed E-state index contributed by atoms with van der Waals surface area (Å²) in [6.07, 6.45) is 5.71. The van der Waals surface area contributed by atoms with Crippen LogP contribution in [0.3, 0.4) is 0 Å². The molecule has 5 heteroatoms. The van der Waals surface area contributed by atoms with Crippen LogP contribution >= 0.6 is 7.82 Å². The van der Waals surface area contributed by atoms with Gasteiger partial charge in [0, 0.05) is 0 Å². The minimum Gasteiger partial charge on any atom is -0.287 e. The topological polar surface area (TPSA) is 44.8 Å². The summed E-state index contributed by atoms with van der Waals surface area (Å²) in [6, 6.07) is 7.13. The van der Waals surface area contributed by atoms with Crippen molar-refractivity contribution in [3.05, 3.63) is 34.9 Å². The second kappa shape index (κ2) is 8.83. The van der Waals surface area contributed by atoms with Crippen LogP contribution < -0.4 is 0 Å². The van der Waals surface area contributed by atoms with Gasteiger partial charge in [-0.1, -0.05) is 52.3 Å². The average Bonchev–Trinajstić information content (AvgIpc) is 2.66. The van der Waals surface area contributed by atoms with E-state index in [1.165, 1.54) is 23.1 Å². The summed E-state index contributed by atoms with van der Waals surface area (Å²) < 4.78 is 29.5. The van der Waals surface area contributed by atoms with E-state index in [2.05, 4.69) is 45.9 Å². The number of hydrogen-bond donors (Lipinski definition) is 0. The molecule has 3 atom stereocenters. The highest BCUT2D eigenvalue weighted by molar-refractivity contribution is 7.48. The summed E-state index contributed by atoms with van der Waals surface area (Å²) in [6.45, 7) is 14.0. The molecule has 4 nitrogen and oxygen atoms in total. The molecule has 29 heavy (non-hydrogen) atoms. The van der Waals surface area contributed by atoms with Crippen molar-refractivity contribution in [2.75, 3.05) is 19.8 Å². The fourth-order valence-electron chi connectivity index (χ4n) is 5.83. The number of phosphoric ester groups is 1. The smallest absolute Gasteiger partial charge is 0.287 e. The molecular weight excluding hydrogens is 383 g/mol. The van der Waals surface area contributed by atoms with Crippen molar-refractivity contribution in [1.82, 2.24) is 0 Å². The molecule has 0 N–H and O–H groups in total. The Kier molecular flexibility index (Phi) is 7.00. The van der Waals surface area contributed by atoms with Crippen LogP contribution in [-0.2, 0) is 30.0 Å². The maximum Gasteiger partial charge on any atom is 0.474 e. The van der Waals surface area contributed by atoms with E-state index in [1.54, 1.807) is 0 Å². The number of hydrogen-bond acceptors (Lipinski definition) is 4. The first-order chi connectivity index (χ1) is 13.7. The Morgan fingerprint density at radius 3 is 2.41 bits per heavy atom. The molecule has 0 heterocycles. The van der Waals surface area contributed by atoms with Crippen LogP contribution in [-0.4, -0.2) is 19.8 Å². The molecule has 3 rings (SSSR count). The van der Waals surface area contributed by atoms with Gasteiger partial charge in [0.2, 0.25) is 0 Å². The minimum absolute atomic E-state index is 0.0364. The van der Waals surface area contributed by atoms with Crippen molar-refractivity contribution in [3.8, 4) is 0 Å². The van der Waals surface area contributed by atoms with Gasteiger partial charge in [-0.3, -0.25) is 13.6 Å². The number of fused-ring (bicyclic) bond motifs is 3. The third-order valence-corrected chi connectivity index (χ3v) is 8.89. The van der Waals surface area contributed by atoms with E-state index in [0.29, 0.717) is 31.7 Å². The zero-order valence-corrected chi connectivity index (χ0v) is 20.0. The van der Waals surface area contributed by atoms with Gasteiger partial charge in [-0.25, -0.2) is 4.57 Å². The lowest BCUT2D eigenvalue weighted by Crippen LogP contribution is -2.50. The third-order valence-electron chi connectivity index (χ3n) is 7.29. The highest BCUT2D eigenvalue weighted by Crippen LogP contribution is 2.59. The summed E-state index contributed by atoms with van der Waals surface area (Å²) in [4.78, 5) is 0. The van der Waals surface area contributed by atoms with Gasteiger partial charge in [-0.15, -0.1) is 0 Å². The van der Waals surface area contributed by atoms with E-state index in [-0.39, 0.29) is 10.8 Å². The molecule has 2 aliphatic carbocycles. The summed E-state index contributed by atoms with van der Waals surface area (Å²) in [5.41, 5.74) is 4.57. The Labute approximate surface area is 177 Å². The molecule has 1 fully saturated rings. The molecule has 1 saturated carbocycles. The monoisotopic (exact) mass is 422 g/mol. The third kappa shape index (κ3) is 4.51. The van der Waals surface area contributed by atoms with Crippen LogP contribution in [0.25, 0.3) is 0 Å². The van der Waals surface area contributed by atoms with E-state index < -0.39 is 7.82 Å². The van der Waals surface area contributed by atoms with Gasteiger partial charge < -0.3 is 0 Å². The predicted octanol–water partition coefficient (Wildman–Crippen LogP) is 7.02. The summed E-state index contributed by atoms with van der Waals surface area (Å²) in [7, 11) is -3.48. The summed E-state index contributed by atoms with van der Waals surface area (Å²) >= 11 is 0. The number of rotatable bonds is 8. The Hall–Kier alpha value is -0.670. The predicted molar refractivity (Wildman–Crippen MR) is 118 cm³/mol. The van der Waals surface area contributed by atoms with Gasteiger partial charge >= 0.3 is 7.82 Å². The second-order valence-corrected chi connectivity index (χ2v) is 11.3. The normalized spacial score (nSPS) is 29.6. The Bertz CT molecular complexity index is 751. The van der Waals surface area contributed by atoms with Crippen LogP contribution in [0.1, 0.15) is 89.8 Å². The largest absolute Gasteiger partial charge is 0.474 e. The van der Waals surface area contributed by atoms with Crippen LogP contribution in [0, 0.1) is 11.3 Å². The fourth-order valence-corrected chi connectivity index (χ4v) is 7.14. The van der Waals surface area contributed by atoms with Crippen LogP contribution in [0.5, 0.6) is 0 Å². The molecule has 1 aromatic rings. The highest BCUT2D eigenvalue weighted by atomic mass is 31.2. The van der Waals surface area contributed by atoms with E-state index >= 15 is 0 Å². The molecule has 0 bridgehead atoms. The van der Waals surface area contributed by atoms with Gasteiger partial charge in [0.25, 0.3) is 0 Å². The summed E-state index contributed by atoms with van der Waals surface area (Å²) in [5.74, 6) is 1.06. The van der Waals surface area contributed by atoms with Crippen LogP contribution in [0.2, 0.25) is 0 Å². The van der Waals surface area contributed by atoms with Crippen LogP contribution in [0.15, 0.2) is 18.2 Å². The zero-order valence-electron chi connectivity index (χ0n) is 19.1. The highest BCUT2D eigenvalue weighted by Gasteiger charge is 2.52. The van der Waals surface area contributed by atoms with Gasteiger partial charge in [0.1, 0.15) is 0 Å². The fraction of sp³-hybridized carbons (Fsp3) is 0.750. The van der Waals surface area contributed by atoms with Gasteiger partial charge in [-0.05, 0) is 78.9 Å². The molecule has 164 valence electrons. The Morgan fingerprint density at radius 2 is 1.79 bits per heavy atom. The molecule has 0 spiro atoms. The van der Waals surface area contributed by atoms with Crippen molar-refractivity contribution < 1.29 is 18.1 Å². The minimum atomic E-state index is -3.48. The Balaban J connectivity index is 1.86. The van der Waals surface area contributed by atoms with E-state index in [4.69, 9.17) is 13.6 Å². The van der Waals surface area contributed by atoms with Crippen molar-refractivity contribution in [3.63, 3.8) is 0 Å². The van der Waals surface area contributed by atoms with Gasteiger partial charge in [0.15, 0.2) is 0 Å². The lowest BCUT2D eigenvalue weighted by molar-refractivity contribution is -0.0230. The molecule has 0 radical (unpaired) electrons. The van der Waals surface area contributed by atoms with Gasteiger partial charge in [0.05, 0.1) is 19.8 Å². The maximum atomic E-state index is 12.9. The average molecular weight is 423 g/mol. The SMILES string of the molecule is CCOP(=O)(OCC)OC[C@@]1(C)CCC[C@]2(C)c3ccc(C(C)C)cc3CC[C@@H]12. The standard InChI is InChI=1S/C24H39O4P/c1-7-26-29(25,27-8-2)28-17-23(5)14-9-15-24(6)21-12-10-19(18(3)4)16-20(21)11-13-22(23)24/h10,12,16,18,22H,7-9,11,13-15,17H2,1-6H3/t22-,23+,24+/m0/s1. The lowest BCUT2D eigenvalue weighted by Gasteiger charge is -2.55. The first kappa shape index (κ1) is 23.0. The quantitative estimate of drug-likeness (QED) is 0.422. The maximum absolute atomic E-state index is 12.9. The number of benzene rings is 1. The van der Waals surface area contributed by atoms with Crippen molar-refractivity contribution in [2.24, 2.45) is 11.3 Å². The van der Waals surface area contributed by atoms with Crippen molar-refractivity contribution in [2.45, 2.75) is 85.0 Å². The molecule has 0 aliphatic heterocycles. The van der Waals surface area contributed by atoms with Gasteiger partial charge in [-0.2, -0.15) is 0 Å². The molecular formula is C24H39O4P. The van der Waals surface area contributed by atoms with Crippen molar-refractivity contribution >= 4 is 7.82 Å². The second-order valence-electron chi connectivity index (χ2n) is 9.64. The molecule has 1 aromatic carbocycles. The van der Waals surface area contributed by atoms with E-state index in [0.717, 1.165) is 25.7 Å². The first-order valence-corrected chi connectivity index (χ1v) is 12.8. The first-order valence-electron chi connectivity index (χ1n) is 11.3. The number of aryl methyl sites for hydroxylation is 1. The zero-order chi connectivity index (χ0) is 21.3. The number of phosphoric acid groups is 1. The molecule has 0 aromatic heterocycles. The van der Waals surface area contributed by atoms with E-state index in [1.807, 2.05) is 13.8 Å². The van der Waals surface area contributed by atoms with E-state index in [9.17, 15) is 4.57 Å². The van der Waals surface area contributed by atoms with Crippen molar-refractivity contribution in [1.29, 1.82) is 0 Å². The Morgan fingerprint density at radius 1 is 1.10 bits per heavy atom. The molecule has 0 saturated heterocycles. The summed E-state index contributed by atoms with van der Waals surface area (Å²) in [5, 5.41) is 0. The molecule has 2 aliphatic rings. The lowest BCUT2D eigenvalue weighted by atomic mass is 9.50. The molecule has 0 amide bonds. The van der Waals surface area contributed by atoms with Crippen LogP contribution in [0.4, 0.5) is 0 Å².